The summed E-state index contributed by atoms with van der Waals surface area (Å²) in [6.07, 6.45) is -0.735. The quantitative estimate of drug-likeness (QED) is 0.610. The lowest BCUT2D eigenvalue weighted by Crippen LogP contribution is -2.48. The number of carbonyl (C=O) groups is 2. The summed E-state index contributed by atoms with van der Waals surface area (Å²) in [6, 6.07) is 7.91. The fourth-order valence-electron chi connectivity index (χ4n) is 2.02. The molecule has 0 aromatic heterocycles. The minimum absolute atomic E-state index is 0.147. The molecule has 0 fully saturated rings. The summed E-state index contributed by atoms with van der Waals surface area (Å²) < 4.78 is 12.1. The van der Waals surface area contributed by atoms with E-state index in [0.717, 1.165) is 0 Å². The van der Waals surface area contributed by atoms with Crippen LogP contribution in [-0.4, -0.2) is 39.0 Å². The van der Waals surface area contributed by atoms with Crippen molar-refractivity contribution < 1.29 is 18.9 Å². The monoisotopic (exact) mass is 340 g/mol. The van der Waals surface area contributed by atoms with Gasteiger partial charge >= 0.3 is 0 Å². The molecule has 23 heavy (non-hydrogen) atoms. The van der Waals surface area contributed by atoms with Crippen molar-refractivity contribution in [2.24, 2.45) is 11.7 Å². The zero-order valence-electron chi connectivity index (χ0n) is 13.4. The molecule has 0 aliphatic carbocycles. The van der Waals surface area contributed by atoms with Gasteiger partial charge in [0.25, 0.3) is 0 Å². The number of aliphatic hydroxyl groups excluding tert-OH is 1. The first-order valence-corrected chi connectivity index (χ1v) is 8.84. The highest BCUT2D eigenvalue weighted by Crippen LogP contribution is 2.09. The van der Waals surface area contributed by atoms with Crippen LogP contribution >= 0.6 is 0 Å². The Bertz CT molecular complexity index is 548. The summed E-state index contributed by atoms with van der Waals surface area (Å²) in [4.78, 5) is 24.0. The highest BCUT2D eigenvalue weighted by atomic mass is 32.2. The number of nitrogens with two attached hydrogens (primary N) is 1. The standard InChI is InChI=1S/C16H24N2O4S/c1-11(2)10-14(19)16(21)18-13(15(17)20)8-9-23(22)12-6-4-3-5-7-12/h3-7,11,13-14,19H,8-10H2,1-2H3,(H2,17,20)(H,18,21)/t13-,14+,23+/m0/s1. The Balaban J connectivity index is 2.57. The number of amides is 2. The molecule has 0 heterocycles. The Labute approximate surface area is 138 Å². The first-order chi connectivity index (χ1) is 10.8. The highest BCUT2D eigenvalue weighted by Gasteiger charge is 2.23. The summed E-state index contributed by atoms with van der Waals surface area (Å²) in [7, 11) is -1.28. The van der Waals surface area contributed by atoms with Crippen LogP contribution in [0.3, 0.4) is 0 Å². The van der Waals surface area contributed by atoms with E-state index in [4.69, 9.17) is 5.73 Å². The Morgan fingerprint density at radius 1 is 1.26 bits per heavy atom. The van der Waals surface area contributed by atoms with Gasteiger partial charge in [-0.05, 0) is 30.9 Å². The predicted molar refractivity (Wildman–Crippen MR) is 88.9 cm³/mol. The Hall–Kier alpha value is -1.73. The molecule has 0 aliphatic rings. The van der Waals surface area contributed by atoms with Gasteiger partial charge in [-0.2, -0.15) is 0 Å². The molecule has 1 aromatic carbocycles. The van der Waals surface area contributed by atoms with E-state index in [1.165, 1.54) is 0 Å². The van der Waals surface area contributed by atoms with Gasteiger partial charge in [0.1, 0.15) is 12.1 Å². The average Bonchev–Trinajstić information content (AvgIpc) is 2.50. The van der Waals surface area contributed by atoms with Gasteiger partial charge in [0.05, 0.1) is 10.8 Å². The van der Waals surface area contributed by atoms with Crippen LogP contribution in [0.4, 0.5) is 0 Å². The van der Waals surface area contributed by atoms with Crippen LogP contribution < -0.4 is 11.1 Å². The molecule has 0 saturated carbocycles. The van der Waals surface area contributed by atoms with Crippen LogP contribution in [0.5, 0.6) is 0 Å². The van der Waals surface area contributed by atoms with Crippen LogP contribution in [0.15, 0.2) is 35.2 Å². The van der Waals surface area contributed by atoms with E-state index >= 15 is 0 Å². The molecule has 128 valence electrons. The third kappa shape index (κ3) is 6.92. The number of benzene rings is 1. The van der Waals surface area contributed by atoms with Crippen LogP contribution in [0.2, 0.25) is 0 Å². The minimum Gasteiger partial charge on any atom is -0.383 e. The van der Waals surface area contributed by atoms with Crippen molar-refractivity contribution in [2.45, 2.75) is 43.7 Å². The summed E-state index contributed by atoms with van der Waals surface area (Å²) in [5, 5.41) is 12.2. The first-order valence-electron chi connectivity index (χ1n) is 7.52. The molecule has 0 spiro atoms. The molecule has 0 aliphatic heterocycles. The first kappa shape index (κ1) is 19.3. The molecule has 1 rings (SSSR count). The summed E-state index contributed by atoms with van der Waals surface area (Å²) >= 11 is 0. The van der Waals surface area contributed by atoms with Crippen LogP contribution in [0.25, 0.3) is 0 Å². The smallest absolute Gasteiger partial charge is 0.249 e. The second-order valence-corrected chi connectivity index (χ2v) is 7.33. The van der Waals surface area contributed by atoms with Gasteiger partial charge < -0.3 is 16.2 Å². The Morgan fingerprint density at radius 2 is 1.87 bits per heavy atom. The van der Waals surface area contributed by atoms with E-state index in [-0.39, 0.29) is 18.1 Å². The molecule has 7 heteroatoms. The second kappa shape index (κ2) is 9.42. The SMILES string of the molecule is CC(C)C[C@@H](O)C(=O)N[C@@H](CC[S@@](=O)c1ccccc1)C(N)=O. The van der Waals surface area contributed by atoms with Crippen molar-refractivity contribution in [3.05, 3.63) is 30.3 Å². The van der Waals surface area contributed by atoms with Gasteiger partial charge in [-0.1, -0.05) is 32.0 Å². The van der Waals surface area contributed by atoms with Gasteiger partial charge in [-0.15, -0.1) is 0 Å². The summed E-state index contributed by atoms with van der Waals surface area (Å²) in [6.45, 7) is 3.76. The minimum atomic E-state index is -1.28. The second-order valence-electron chi connectivity index (χ2n) is 5.76. The van der Waals surface area contributed by atoms with E-state index in [1.807, 2.05) is 19.9 Å². The number of rotatable bonds is 9. The van der Waals surface area contributed by atoms with Crippen molar-refractivity contribution >= 4 is 22.6 Å². The number of nitrogens with one attached hydrogen (secondary N) is 1. The summed E-state index contributed by atoms with van der Waals surface area (Å²) in [5.41, 5.74) is 5.28. The third-order valence-corrected chi connectivity index (χ3v) is 4.66. The zero-order valence-corrected chi connectivity index (χ0v) is 14.2. The predicted octanol–water partition coefficient (Wildman–Crippen LogP) is 0.561. The number of primary amides is 1. The molecular formula is C16H24N2O4S. The average molecular weight is 340 g/mol. The third-order valence-electron chi connectivity index (χ3n) is 3.26. The van der Waals surface area contributed by atoms with Crippen LogP contribution in [0.1, 0.15) is 26.7 Å². The molecule has 0 unspecified atom stereocenters. The van der Waals surface area contributed by atoms with E-state index < -0.39 is 34.8 Å². The van der Waals surface area contributed by atoms with Crippen molar-refractivity contribution in [3.8, 4) is 0 Å². The van der Waals surface area contributed by atoms with Crippen molar-refractivity contribution in [1.29, 1.82) is 0 Å². The normalized spacial score (nSPS) is 15.0. The lowest BCUT2D eigenvalue weighted by atomic mass is 10.1. The Kier molecular flexibility index (Phi) is 7.91. The number of hydrogen-bond donors (Lipinski definition) is 3. The van der Waals surface area contributed by atoms with Gasteiger partial charge in [0.15, 0.2) is 0 Å². The maximum absolute atomic E-state index is 12.1. The van der Waals surface area contributed by atoms with Crippen molar-refractivity contribution in [2.75, 3.05) is 5.75 Å². The largest absolute Gasteiger partial charge is 0.383 e. The maximum Gasteiger partial charge on any atom is 0.249 e. The summed E-state index contributed by atoms with van der Waals surface area (Å²) in [5.74, 6) is -1.00. The van der Waals surface area contributed by atoms with E-state index in [0.29, 0.717) is 11.3 Å². The zero-order chi connectivity index (χ0) is 17.4. The fraction of sp³-hybridized carbons (Fsp3) is 0.500. The molecule has 6 nitrogen and oxygen atoms in total. The number of hydrogen-bond acceptors (Lipinski definition) is 4. The molecule has 0 radical (unpaired) electrons. The molecule has 0 bridgehead atoms. The fourth-order valence-corrected chi connectivity index (χ4v) is 3.17. The topological polar surface area (TPSA) is 109 Å². The van der Waals surface area contributed by atoms with E-state index in [1.54, 1.807) is 24.3 Å². The molecule has 0 saturated heterocycles. The number of aliphatic hydroxyl groups is 1. The van der Waals surface area contributed by atoms with Crippen LogP contribution in [-0.2, 0) is 20.4 Å². The lowest BCUT2D eigenvalue weighted by Gasteiger charge is -2.18. The van der Waals surface area contributed by atoms with Gasteiger partial charge in [-0.3, -0.25) is 13.8 Å². The van der Waals surface area contributed by atoms with Gasteiger partial charge in [0, 0.05) is 10.6 Å². The number of carbonyl (C=O) groups excluding carboxylic acids is 2. The molecular weight excluding hydrogens is 316 g/mol. The molecule has 4 N–H and O–H groups in total. The molecule has 1 aromatic rings. The van der Waals surface area contributed by atoms with Gasteiger partial charge in [0.2, 0.25) is 11.8 Å². The lowest BCUT2D eigenvalue weighted by molar-refractivity contribution is -0.133. The molecule has 2 amide bonds. The maximum atomic E-state index is 12.1. The van der Waals surface area contributed by atoms with Crippen LogP contribution in [0, 0.1) is 5.92 Å². The highest BCUT2D eigenvalue weighted by molar-refractivity contribution is 7.85. The Morgan fingerprint density at radius 3 is 2.39 bits per heavy atom. The van der Waals surface area contributed by atoms with Crippen molar-refractivity contribution in [1.82, 2.24) is 5.32 Å². The molecule has 3 atom stereocenters. The van der Waals surface area contributed by atoms with E-state index in [2.05, 4.69) is 5.32 Å². The van der Waals surface area contributed by atoms with E-state index in [9.17, 15) is 18.9 Å². The van der Waals surface area contributed by atoms with Gasteiger partial charge in [-0.25, -0.2) is 0 Å². The van der Waals surface area contributed by atoms with Crippen molar-refractivity contribution in [3.63, 3.8) is 0 Å².